The van der Waals surface area contributed by atoms with Crippen LogP contribution >= 0.6 is 0 Å². The van der Waals surface area contributed by atoms with Gasteiger partial charge in [0, 0.05) is 33.5 Å². The van der Waals surface area contributed by atoms with Gasteiger partial charge in [-0.25, -0.2) is 0 Å². The summed E-state index contributed by atoms with van der Waals surface area (Å²) in [7, 11) is -1.34. The van der Waals surface area contributed by atoms with E-state index in [1.807, 2.05) is 13.1 Å². The number of nitrogens with zero attached hydrogens (tertiary/aromatic N) is 2. The van der Waals surface area contributed by atoms with Gasteiger partial charge in [0.15, 0.2) is 28.2 Å². The monoisotopic (exact) mass is 568 g/mol. The van der Waals surface area contributed by atoms with Gasteiger partial charge in [0.1, 0.15) is 18.5 Å². The van der Waals surface area contributed by atoms with Gasteiger partial charge in [-0.2, -0.15) is 10.1 Å². The van der Waals surface area contributed by atoms with Crippen molar-refractivity contribution in [3.8, 4) is 0 Å². The molecule has 0 aliphatic heterocycles. The Balaban J connectivity index is -0.000000608. The number of hydrogen-bond acceptors (Lipinski definition) is 10. The van der Waals surface area contributed by atoms with E-state index < -0.39 is 28.8 Å². The molecule has 0 amide bonds. The molecule has 3 N–H and O–H groups in total. The summed E-state index contributed by atoms with van der Waals surface area (Å²) in [5.41, 5.74) is 0. The van der Waals surface area contributed by atoms with Crippen LogP contribution in [0.25, 0.3) is 0 Å². The third-order valence-corrected chi connectivity index (χ3v) is 15.6. The molecular formula is C25H56N2O8Si2. The minimum Gasteiger partial charge on any atom is -0.407 e. The van der Waals surface area contributed by atoms with Crippen LogP contribution in [0.5, 0.6) is 0 Å². The minimum atomic E-state index is -2.10. The number of hydrogen-bond donors (Lipinski definition) is 3. The molecule has 0 fully saturated rings. The van der Waals surface area contributed by atoms with Gasteiger partial charge in [0.05, 0.1) is 13.1 Å². The van der Waals surface area contributed by atoms with Crippen molar-refractivity contribution in [2.45, 2.75) is 110 Å². The molecule has 0 saturated carbocycles. The fraction of sp³-hybridized carbons (Fsp3) is 0.880. The van der Waals surface area contributed by atoms with Crippen LogP contribution in [-0.4, -0.2) is 106 Å². The van der Waals surface area contributed by atoms with E-state index in [2.05, 4.69) is 54.6 Å². The highest BCUT2D eigenvalue weighted by Crippen LogP contribution is 2.38. The topological polar surface area (TPSA) is 137 Å². The summed E-state index contributed by atoms with van der Waals surface area (Å²) in [4.78, 5) is 34.5. The van der Waals surface area contributed by atoms with E-state index in [4.69, 9.17) is 24.4 Å². The van der Waals surface area contributed by atoms with Gasteiger partial charge in [-0.05, 0) is 36.3 Å². The van der Waals surface area contributed by atoms with E-state index in [0.29, 0.717) is 6.29 Å². The second kappa shape index (κ2) is 17.0. The van der Waals surface area contributed by atoms with E-state index in [1.54, 1.807) is 0 Å². The van der Waals surface area contributed by atoms with Crippen molar-refractivity contribution in [3.63, 3.8) is 0 Å². The Labute approximate surface area is 227 Å². The number of carbonyl (C=O) groups is 3. The van der Waals surface area contributed by atoms with Gasteiger partial charge >= 0.3 is 0 Å². The molecule has 10 nitrogen and oxygen atoms in total. The zero-order valence-corrected chi connectivity index (χ0v) is 26.5. The summed E-state index contributed by atoms with van der Waals surface area (Å²) in [6.45, 7) is 20.4. The van der Waals surface area contributed by atoms with Crippen molar-refractivity contribution in [2.75, 3.05) is 33.8 Å². The lowest BCUT2D eigenvalue weighted by molar-refractivity contribution is -0.139. The van der Waals surface area contributed by atoms with Crippen LogP contribution in [0, 0.1) is 0 Å². The summed E-state index contributed by atoms with van der Waals surface area (Å²) in [6, 6.07) is 0. The first-order chi connectivity index (χ1) is 16.0. The molecule has 0 spiro atoms. The van der Waals surface area contributed by atoms with E-state index in [0.717, 1.165) is 10.1 Å². The zero-order chi connectivity index (χ0) is 29.1. The predicted octanol–water partition coefficient (Wildman–Crippen LogP) is 4.14. The second-order valence-corrected chi connectivity index (χ2v) is 21.7. The van der Waals surface area contributed by atoms with Crippen molar-refractivity contribution in [2.24, 2.45) is 0 Å². The lowest BCUT2D eigenvalue weighted by atomic mass is 10.2. The van der Waals surface area contributed by atoms with Crippen molar-refractivity contribution in [3.05, 3.63) is 0 Å². The number of aldehydes is 1. The Hall–Kier alpha value is -0.836. The molecule has 0 aliphatic rings. The quantitative estimate of drug-likeness (QED) is 0.159. The Kier molecular flexibility index (Phi) is 18.7. The first-order valence-electron chi connectivity index (χ1n) is 12.3. The van der Waals surface area contributed by atoms with E-state index >= 15 is 0 Å². The van der Waals surface area contributed by atoms with Gasteiger partial charge in [-0.1, -0.05) is 49.0 Å². The second-order valence-electron chi connectivity index (χ2n) is 12.2. The normalized spacial score (nSPS) is 14.4. The molecular weight excluding hydrogens is 512 g/mol. The van der Waals surface area contributed by atoms with Crippen LogP contribution in [0.1, 0.15) is 61.8 Å². The molecule has 0 bridgehead atoms. The summed E-state index contributed by atoms with van der Waals surface area (Å²) in [5, 5.41) is 28.8. The number of Topliss-reactive ketones (excluding diaryl/α,β-unsaturated/α-hetero) is 2. The first-order valence-corrected chi connectivity index (χ1v) is 18.1. The van der Waals surface area contributed by atoms with Crippen molar-refractivity contribution in [1.29, 1.82) is 0 Å². The van der Waals surface area contributed by atoms with Gasteiger partial charge in [0.25, 0.3) is 0 Å². The number of likely N-dealkylation sites (N-methyl/N-ethyl adjacent to an activating group) is 2. The highest BCUT2D eigenvalue weighted by Gasteiger charge is 2.41. The molecule has 37 heavy (non-hydrogen) atoms. The Morgan fingerprint density at radius 3 is 1.41 bits per heavy atom. The highest BCUT2D eigenvalue weighted by atomic mass is 28.4. The number of rotatable bonds is 14. The molecule has 222 valence electrons. The van der Waals surface area contributed by atoms with E-state index in [-0.39, 0.29) is 61.6 Å². The van der Waals surface area contributed by atoms with E-state index in [1.165, 1.54) is 14.1 Å². The SMILES string of the molecule is C.CN(O)CC(=O)[C@H](CC=O)O[Si](C)(C)C(C)(C)C.CN(O)CC(=O)[C@H](CCO)O[Si](C)(C)C(C)(C)C. The lowest BCUT2D eigenvalue weighted by Gasteiger charge is -2.38. The summed E-state index contributed by atoms with van der Waals surface area (Å²) < 4.78 is 11.9. The van der Waals surface area contributed by atoms with Gasteiger partial charge in [-0.15, -0.1) is 0 Å². The smallest absolute Gasteiger partial charge is 0.193 e. The maximum atomic E-state index is 11.9. The maximum Gasteiger partial charge on any atom is 0.193 e. The third kappa shape index (κ3) is 16.0. The minimum absolute atomic E-state index is 0. The molecule has 0 aromatic carbocycles. The fourth-order valence-corrected chi connectivity index (χ4v) is 5.06. The number of carbonyl (C=O) groups excluding carboxylic acids is 3. The average molecular weight is 569 g/mol. The van der Waals surface area contributed by atoms with Crippen LogP contribution in [0.4, 0.5) is 0 Å². The third-order valence-electron chi connectivity index (χ3n) is 6.68. The molecule has 0 aliphatic carbocycles. The summed E-state index contributed by atoms with van der Waals surface area (Å²) in [6.07, 6.45) is -0.380. The number of hydroxylamine groups is 4. The Morgan fingerprint density at radius 1 is 0.811 bits per heavy atom. The molecule has 0 unspecified atom stereocenters. The Morgan fingerprint density at radius 2 is 1.14 bits per heavy atom. The lowest BCUT2D eigenvalue weighted by Crippen LogP contribution is -2.47. The number of aliphatic hydroxyl groups excluding tert-OH is 1. The van der Waals surface area contributed by atoms with Crippen LogP contribution in [0.15, 0.2) is 0 Å². The molecule has 0 rings (SSSR count). The highest BCUT2D eigenvalue weighted by molar-refractivity contribution is 6.74. The molecule has 0 aromatic rings. The summed E-state index contributed by atoms with van der Waals surface area (Å²) >= 11 is 0. The predicted molar refractivity (Wildman–Crippen MR) is 152 cm³/mol. The fourth-order valence-electron chi connectivity index (χ4n) is 2.46. The van der Waals surface area contributed by atoms with Crippen LogP contribution < -0.4 is 0 Å². The molecule has 2 atom stereocenters. The first kappa shape index (κ1) is 40.7. The Bertz CT molecular complexity index is 687. The molecule has 0 heterocycles. The zero-order valence-electron chi connectivity index (χ0n) is 24.5. The van der Waals surface area contributed by atoms with Crippen LogP contribution in [0.3, 0.4) is 0 Å². The molecule has 0 aromatic heterocycles. The molecule has 0 radical (unpaired) electrons. The van der Waals surface area contributed by atoms with Crippen molar-refractivity contribution >= 4 is 34.5 Å². The standard InChI is InChI=1S/C12H27NO4Si.C12H25NO4Si.CH4/c2*1-12(2,3)18(5,6)17-11(7-8-14)10(15)9-13(4)16;/h11,14,16H,7-9H2,1-6H3;8,11,16H,7,9H2,1-6H3;1H4/t2*11-;/m00./s1. The largest absolute Gasteiger partial charge is 0.407 e. The van der Waals surface area contributed by atoms with Gasteiger partial charge < -0.3 is 29.2 Å². The van der Waals surface area contributed by atoms with Crippen molar-refractivity contribution in [1.82, 2.24) is 10.1 Å². The molecule has 12 heteroatoms. The maximum absolute atomic E-state index is 11.9. The average Bonchev–Trinajstić information content (AvgIpc) is 2.64. The molecule has 0 saturated heterocycles. The van der Waals surface area contributed by atoms with Crippen LogP contribution in [-0.2, 0) is 23.2 Å². The number of aliphatic hydroxyl groups is 1. The van der Waals surface area contributed by atoms with Crippen LogP contribution in [0.2, 0.25) is 36.3 Å². The summed E-state index contributed by atoms with van der Waals surface area (Å²) in [5.74, 6) is -0.462. The van der Waals surface area contributed by atoms with Gasteiger partial charge in [0.2, 0.25) is 0 Å². The van der Waals surface area contributed by atoms with Gasteiger partial charge in [-0.3, -0.25) is 9.59 Å². The van der Waals surface area contributed by atoms with E-state index in [9.17, 15) is 14.4 Å². The van der Waals surface area contributed by atoms with Crippen molar-refractivity contribution < 1.29 is 38.8 Å². The number of ketones is 2.